The van der Waals surface area contributed by atoms with Crippen molar-refractivity contribution in [1.82, 2.24) is 25.0 Å². The fourth-order valence-electron chi connectivity index (χ4n) is 2.38. The number of likely N-dealkylation sites (N-methyl/N-ethyl adjacent to an activating group) is 1. The lowest BCUT2D eigenvalue weighted by molar-refractivity contribution is 0.345. The Labute approximate surface area is 103 Å². The lowest BCUT2D eigenvalue weighted by Crippen LogP contribution is -2.36. The molecule has 0 fully saturated rings. The van der Waals surface area contributed by atoms with Gasteiger partial charge in [0.05, 0.1) is 6.54 Å². The summed E-state index contributed by atoms with van der Waals surface area (Å²) in [5.74, 6) is 2.25. The summed E-state index contributed by atoms with van der Waals surface area (Å²) in [5.41, 5.74) is 0. The zero-order valence-corrected chi connectivity index (χ0v) is 11.1. The molecule has 1 aliphatic rings. The molecule has 1 N–H and O–H groups in total. The Bertz CT molecular complexity index is 358. The summed E-state index contributed by atoms with van der Waals surface area (Å²) in [6, 6.07) is 0.474. The summed E-state index contributed by atoms with van der Waals surface area (Å²) in [4.78, 5) is 2.19. The molecule has 1 unspecified atom stereocenters. The van der Waals surface area contributed by atoms with Crippen molar-refractivity contribution in [2.75, 3.05) is 20.6 Å². The number of fused-ring (bicyclic) bond motifs is 1. The van der Waals surface area contributed by atoms with Crippen molar-refractivity contribution in [3.63, 3.8) is 0 Å². The average molecular weight is 237 g/mol. The lowest BCUT2D eigenvalue weighted by atomic mass is 10.2. The quantitative estimate of drug-likeness (QED) is 0.817. The lowest BCUT2D eigenvalue weighted by Gasteiger charge is -2.19. The summed E-state index contributed by atoms with van der Waals surface area (Å²) in [6.07, 6.45) is 3.59. The van der Waals surface area contributed by atoms with Gasteiger partial charge < -0.3 is 14.8 Å². The van der Waals surface area contributed by atoms with Crippen LogP contribution in [0.4, 0.5) is 0 Å². The summed E-state index contributed by atoms with van der Waals surface area (Å²) in [7, 11) is 4.19. The molecule has 0 bridgehead atoms. The predicted molar refractivity (Wildman–Crippen MR) is 67.8 cm³/mol. The third-order valence-electron chi connectivity index (χ3n) is 3.18. The Kier molecular flexibility index (Phi) is 4.12. The molecule has 0 amide bonds. The zero-order valence-electron chi connectivity index (χ0n) is 11.1. The summed E-state index contributed by atoms with van der Waals surface area (Å²) < 4.78 is 2.28. The van der Waals surface area contributed by atoms with Gasteiger partial charge in [-0.1, -0.05) is 0 Å². The molecule has 5 nitrogen and oxygen atoms in total. The van der Waals surface area contributed by atoms with Gasteiger partial charge in [-0.15, -0.1) is 10.2 Å². The largest absolute Gasteiger partial charge is 0.314 e. The Morgan fingerprint density at radius 2 is 2.18 bits per heavy atom. The van der Waals surface area contributed by atoms with Gasteiger partial charge in [0.25, 0.3) is 0 Å². The third-order valence-corrected chi connectivity index (χ3v) is 3.18. The first kappa shape index (κ1) is 12.5. The van der Waals surface area contributed by atoms with Crippen LogP contribution in [-0.4, -0.2) is 46.3 Å². The first-order valence-electron chi connectivity index (χ1n) is 6.46. The second-order valence-electron chi connectivity index (χ2n) is 5.19. The number of aromatic nitrogens is 3. The fraction of sp³-hybridized carbons (Fsp3) is 0.833. The van der Waals surface area contributed by atoms with Crippen LogP contribution in [0, 0.1) is 0 Å². The van der Waals surface area contributed by atoms with Crippen LogP contribution in [-0.2, 0) is 19.5 Å². The Morgan fingerprint density at radius 3 is 2.94 bits per heavy atom. The van der Waals surface area contributed by atoms with Gasteiger partial charge in [0.2, 0.25) is 0 Å². The van der Waals surface area contributed by atoms with E-state index in [2.05, 4.69) is 46.0 Å². The Hall–Kier alpha value is -0.940. The van der Waals surface area contributed by atoms with Crippen molar-refractivity contribution >= 4 is 0 Å². The second-order valence-corrected chi connectivity index (χ2v) is 5.19. The summed E-state index contributed by atoms with van der Waals surface area (Å²) in [5, 5.41) is 12.0. The van der Waals surface area contributed by atoms with Crippen molar-refractivity contribution in [2.24, 2.45) is 0 Å². The number of nitrogens with one attached hydrogen (secondary N) is 1. The second kappa shape index (κ2) is 5.60. The maximum atomic E-state index is 4.29. The predicted octanol–water partition coefficient (Wildman–Crippen LogP) is 0.654. The van der Waals surface area contributed by atoms with Crippen LogP contribution >= 0.6 is 0 Å². The number of hydrogen-bond donors (Lipinski definition) is 1. The molecule has 0 spiro atoms. The molecule has 0 saturated carbocycles. The van der Waals surface area contributed by atoms with E-state index >= 15 is 0 Å². The minimum atomic E-state index is 0.474. The van der Waals surface area contributed by atoms with Crippen molar-refractivity contribution in [3.05, 3.63) is 11.6 Å². The Morgan fingerprint density at radius 1 is 1.35 bits per heavy atom. The summed E-state index contributed by atoms with van der Waals surface area (Å²) in [6.45, 7) is 5.15. The van der Waals surface area contributed by atoms with E-state index in [0.717, 1.165) is 37.7 Å². The molecular weight excluding hydrogens is 214 g/mol. The number of rotatable bonds is 5. The van der Waals surface area contributed by atoms with Gasteiger partial charge in [-0.25, -0.2) is 0 Å². The van der Waals surface area contributed by atoms with E-state index < -0.39 is 0 Å². The van der Waals surface area contributed by atoms with Crippen LogP contribution in [0.2, 0.25) is 0 Å². The van der Waals surface area contributed by atoms with Gasteiger partial charge in [-0.3, -0.25) is 0 Å². The molecule has 1 aromatic heterocycles. The smallest absolute Gasteiger partial charge is 0.147 e. The highest BCUT2D eigenvalue weighted by Crippen LogP contribution is 2.13. The van der Waals surface area contributed by atoms with E-state index in [-0.39, 0.29) is 0 Å². The molecule has 1 aliphatic heterocycles. The molecule has 17 heavy (non-hydrogen) atoms. The maximum Gasteiger partial charge on any atom is 0.147 e. The molecule has 2 heterocycles. The van der Waals surface area contributed by atoms with Gasteiger partial charge in [0.1, 0.15) is 11.6 Å². The molecule has 0 aliphatic carbocycles. The molecule has 1 aromatic rings. The molecule has 96 valence electrons. The highest BCUT2D eigenvalue weighted by molar-refractivity contribution is 4.98. The topological polar surface area (TPSA) is 46.0 Å². The number of aryl methyl sites for hydroxylation is 1. The molecular formula is C12H23N5. The fourth-order valence-corrected chi connectivity index (χ4v) is 2.38. The van der Waals surface area contributed by atoms with Gasteiger partial charge >= 0.3 is 0 Å². The third kappa shape index (κ3) is 3.26. The molecule has 0 saturated heterocycles. The summed E-state index contributed by atoms with van der Waals surface area (Å²) >= 11 is 0. The molecule has 2 rings (SSSR count). The minimum absolute atomic E-state index is 0.474. The van der Waals surface area contributed by atoms with Crippen LogP contribution in [0.15, 0.2) is 0 Å². The molecule has 5 heteroatoms. The zero-order chi connectivity index (χ0) is 12.3. The van der Waals surface area contributed by atoms with Crippen LogP contribution < -0.4 is 5.32 Å². The first-order chi connectivity index (χ1) is 8.16. The van der Waals surface area contributed by atoms with E-state index in [1.54, 1.807) is 0 Å². The normalized spacial score (nSPS) is 17.2. The number of nitrogens with zero attached hydrogens (tertiary/aromatic N) is 4. The van der Waals surface area contributed by atoms with Gasteiger partial charge in [0.15, 0.2) is 0 Å². The van der Waals surface area contributed by atoms with Crippen molar-refractivity contribution < 1.29 is 0 Å². The van der Waals surface area contributed by atoms with E-state index in [0.29, 0.717) is 6.04 Å². The number of hydrogen-bond acceptors (Lipinski definition) is 4. The van der Waals surface area contributed by atoms with E-state index in [4.69, 9.17) is 0 Å². The molecule has 0 radical (unpaired) electrons. The standard InChI is InChI=1S/C12H23N5/c1-10(9-16(2)3)13-8-12-15-14-11-6-4-5-7-17(11)12/h10,13H,4-9H2,1-3H3. The van der Waals surface area contributed by atoms with Gasteiger partial charge in [-0.05, 0) is 33.9 Å². The van der Waals surface area contributed by atoms with Crippen LogP contribution in [0.5, 0.6) is 0 Å². The van der Waals surface area contributed by atoms with Crippen molar-refractivity contribution in [1.29, 1.82) is 0 Å². The molecule has 1 atom stereocenters. The van der Waals surface area contributed by atoms with Crippen molar-refractivity contribution in [2.45, 2.75) is 45.3 Å². The molecule has 0 aromatic carbocycles. The monoisotopic (exact) mass is 237 g/mol. The van der Waals surface area contributed by atoms with E-state index in [1.165, 1.54) is 12.8 Å². The van der Waals surface area contributed by atoms with E-state index in [9.17, 15) is 0 Å². The Balaban J connectivity index is 1.88. The highest BCUT2D eigenvalue weighted by atomic mass is 15.3. The maximum absolute atomic E-state index is 4.29. The first-order valence-corrected chi connectivity index (χ1v) is 6.46. The van der Waals surface area contributed by atoms with Crippen LogP contribution in [0.1, 0.15) is 31.4 Å². The van der Waals surface area contributed by atoms with Crippen molar-refractivity contribution in [3.8, 4) is 0 Å². The van der Waals surface area contributed by atoms with Gasteiger partial charge in [0, 0.05) is 25.6 Å². The average Bonchev–Trinajstić information content (AvgIpc) is 2.69. The SMILES string of the molecule is CC(CN(C)C)NCc1nnc2n1CCCC2. The minimum Gasteiger partial charge on any atom is -0.314 e. The van der Waals surface area contributed by atoms with Crippen LogP contribution in [0.25, 0.3) is 0 Å². The highest BCUT2D eigenvalue weighted by Gasteiger charge is 2.15. The van der Waals surface area contributed by atoms with Gasteiger partial charge in [-0.2, -0.15) is 0 Å². The van der Waals surface area contributed by atoms with Crippen LogP contribution in [0.3, 0.4) is 0 Å². The van der Waals surface area contributed by atoms with E-state index in [1.807, 2.05) is 0 Å².